The van der Waals surface area contributed by atoms with E-state index in [1.807, 2.05) is 28.8 Å². The summed E-state index contributed by atoms with van der Waals surface area (Å²) < 4.78 is 1.95. The third-order valence-electron chi connectivity index (χ3n) is 4.01. The zero-order valence-electron chi connectivity index (χ0n) is 14.2. The van der Waals surface area contributed by atoms with Gasteiger partial charge in [-0.3, -0.25) is 9.20 Å². The maximum absolute atomic E-state index is 12.2. The van der Waals surface area contributed by atoms with Gasteiger partial charge in [0.05, 0.1) is 12.6 Å². The third-order valence-corrected chi connectivity index (χ3v) is 4.66. The highest BCUT2D eigenvalue weighted by molar-refractivity contribution is 7.98. The van der Waals surface area contributed by atoms with E-state index in [0.29, 0.717) is 6.54 Å². The molecule has 1 aliphatic carbocycles. The molecule has 1 saturated carbocycles. The maximum atomic E-state index is 12.2. The van der Waals surface area contributed by atoms with Crippen molar-refractivity contribution in [3.63, 3.8) is 0 Å². The van der Waals surface area contributed by atoms with Gasteiger partial charge in [-0.05, 0) is 55.9 Å². The molecule has 1 fully saturated rings. The van der Waals surface area contributed by atoms with Crippen LogP contribution in [-0.4, -0.2) is 45.6 Å². The molecule has 0 radical (unpaired) electrons. The van der Waals surface area contributed by atoms with Crippen molar-refractivity contribution in [3.8, 4) is 0 Å². The average molecular weight is 406 g/mol. The van der Waals surface area contributed by atoms with Gasteiger partial charge in [0, 0.05) is 6.20 Å². The van der Waals surface area contributed by atoms with Gasteiger partial charge < -0.3 is 10.6 Å². The van der Waals surface area contributed by atoms with E-state index in [2.05, 4.69) is 27.1 Å². The molecular formula is C16H25Cl2N5OS. The van der Waals surface area contributed by atoms with Crippen molar-refractivity contribution in [1.29, 1.82) is 0 Å². The van der Waals surface area contributed by atoms with Crippen LogP contribution in [0.3, 0.4) is 0 Å². The van der Waals surface area contributed by atoms with Crippen LogP contribution in [0, 0.1) is 5.92 Å². The molecule has 6 nitrogen and oxygen atoms in total. The predicted molar refractivity (Wildman–Crippen MR) is 107 cm³/mol. The highest BCUT2D eigenvalue weighted by atomic mass is 35.5. The van der Waals surface area contributed by atoms with Gasteiger partial charge in [-0.2, -0.15) is 11.8 Å². The number of halogens is 2. The fourth-order valence-corrected chi connectivity index (χ4v) is 3.03. The second-order valence-corrected chi connectivity index (χ2v) is 6.95. The average Bonchev–Trinajstić information content (AvgIpc) is 3.28. The van der Waals surface area contributed by atoms with E-state index in [0.717, 1.165) is 36.1 Å². The van der Waals surface area contributed by atoms with Crippen molar-refractivity contribution in [1.82, 2.24) is 25.2 Å². The van der Waals surface area contributed by atoms with Gasteiger partial charge >= 0.3 is 0 Å². The molecule has 1 unspecified atom stereocenters. The minimum atomic E-state index is -0.116. The quantitative estimate of drug-likeness (QED) is 0.670. The summed E-state index contributed by atoms with van der Waals surface area (Å²) in [6.07, 6.45) is 7.42. The molecule has 1 atom stereocenters. The minimum Gasteiger partial charge on any atom is -0.345 e. The van der Waals surface area contributed by atoms with E-state index in [-0.39, 0.29) is 36.8 Å². The zero-order valence-corrected chi connectivity index (χ0v) is 16.6. The number of rotatable bonds is 9. The Kier molecular flexibility index (Phi) is 9.56. The molecule has 0 aromatic carbocycles. The first-order chi connectivity index (χ1) is 11.3. The number of pyridine rings is 1. The van der Waals surface area contributed by atoms with Crippen molar-refractivity contribution in [2.75, 3.05) is 25.1 Å². The van der Waals surface area contributed by atoms with E-state index in [9.17, 15) is 4.79 Å². The topological polar surface area (TPSA) is 71.3 Å². The van der Waals surface area contributed by atoms with Gasteiger partial charge in [0.15, 0.2) is 11.5 Å². The molecule has 0 bridgehead atoms. The van der Waals surface area contributed by atoms with E-state index < -0.39 is 0 Å². The van der Waals surface area contributed by atoms with Gasteiger partial charge in [0.25, 0.3) is 0 Å². The number of hydrogen-bond acceptors (Lipinski definition) is 5. The Hall–Kier alpha value is -1.02. The third kappa shape index (κ3) is 6.33. The summed E-state index contributed by atoms with van der Waals surface area (Å²) in [4.78, 5) is 12.2. The Balaban J connectivity index is 0.00000156. The van der Waals surface area contributed by atoms with Gasteiger partial charge in [-0.15, -0.1) is 35.0 Å². The first kappa shape index (κ1) is 22.0. The van der Waals surface area contributed by atoms with Crippen LogP contribution < -0.4 is 10.6 Å². The standard InChI is InChI=1S/C16H23N5OS.2ClH/c1-23-9-7-13(18-15(22)11-17-10-12-5-6-12)16-20-19-14-4-2-3-8-21(14)16;;/h2-4,8,12-13,17H,5-7,9-11H2,1H3,(H,18,22);2*1H. The fourth-order valence-electron chi connectivity index (χ4n) is 2.56. The molecule has 0 spiro atoms. The van der Waals surface area contributed by atoms with Crippen LogP contribution in [0.2, 0.25) is 0 Å². The molecule has 2 heterocycles. The largest absolute Gasteiger partial charge is 0.345 e. The Labute approximate surface area is 164 Å². The molecule has 0 aliphatic heterocycles. The minimum absolute atomic E-state index is 0. The Morgan fingerprint density at radius 2 is 2.16 bits per heavy atom. The van der Waals surface area contributed by atoms with Crippen LogP contribution in [0.15, 0.2) is 24.4 Å². The second-order valence-electron chi connectivity index (χ2n) is 5.96. The summed E-state index contributed by atoms with van der Waals surface area (Å²) in [6.45, 7) is 1.31. The van der Waals surface area contributed by atoms with Gasteiger partial charge in [0.1, 0.15) is 0 Å². The van der Waals surface area contributed by atoms with Gasteiger partial charge in [-0.1, -0.05) is 6.07 Å². The molecule has 2 N–H and O–H groups in total. The number of carbonyl (C=O) groups excluding carboxylic acids is 1. The molecule has 25 heavy (non-hydrogen) atoms. The lowest BCUT2D eigenvalue weighted by atomic mass is 10.2. The lowest BCUT2D eigenvalue weighted by Gasteiger charge is -2.17. The number of hydrogen-bond donors (Lipinski definition) is 2. The number of nitrogens with one attached hydrogen (secondary N) is 2. The van der Waals surface area contributed by atoms with E-state index in [1.54, 1.807) is 11.8 Å². The first-order valence-corrected chi connectivity index (χ1v) is 9.46. The first-order valence-electron chi connectivity index (χ1n) is 8.06. The Morgan fingerprint density at radius 3 is 2.88 bits per heavy atom. The van der Waals surface area contributed by atoms with Gasteiger partial charge in [0.2, 0.25) is 5.91 Å². The number of fused-ring (bicyclic) bond motifs is 1. The number of thioether (sulfide) groups is 1. The zero-order chi connectivity index (χ0) is 16.1. The maximum Gasteiger partial charge on any atom is 0.234 e. The van der Waals surface area contributed by atoms with Crippen molar-refractivity contribution >= 4 is 48.1 Å². The van der Waals surface area contributed by atoms with Crippen LogP contribution in [0.25, 0.3) is 5.65 Å². The molecular weight excluding hydrogens is 381 g/mol. The molecule has 2 aromatic heterocycles. The van der Waals surface area contributed by atoms with Gasteiger partial charge in [-0.25, -0.2) is 0 Å². The van der Waals surface area contributed by atoms with Crippen molar-refractivity contribution < 1.29 is 4.79 Å². The summed E-state index contributed by atoms with van der Waals surface area (Å²) in [7, 11) is 0. The molecule has 9 heteroatoms. The van der Waals surface area contributed by atoms with Crippen LogP contribution in [0.4, 0.5) is 0 Å². The van der Waals surface area contributed by atoms with E-state index >= 15 is 0 Å². The predicted octanol–water partition coefficient (Wildman–Crippen LogP) is 2.48. The molecule has 1 aliphatic rings. The van der Waals surface area contributed by atoms with Crippen molar-refractivity contribution in [2.45, 2.75) is 25.3 Å². The lowest BCUT2D eigenvalue weighted by molar-refractivity contribution is -0.121. The molecule has 0 saturated heterocycles. The summed E-state index contributed by atoms with van der Waals surface area (Å²) in [5, 5.41) is 14.8. The summed E-state index contributed by atoms with van der Waals surface area (Å²) >= 11 is 1.77. The van der Waals surface area contributed by atoms with Crippen LogP contribution in [0.1, 0.15) is 31.1 Å². The van der Waals surface area contributed by atoms with Crippen molar-refractivity contribution in [3.05, 3.63) is 30.2 Å². The number of aromatic nitrogens is 3. The molecule has 1 amide bonds. The normalized spacial score (nSPS) is 14.4. The second kappa shape index (κ2) is 10.9. The van der Waals surface area contributed by atoms with Crippen LogP contribution >= 0.6 is 36.6 Å². The fraction of sp³-hybridized carbons (Fsp3) is 0.562. The summed E-state index contributed by atoms with van der Waals surface area (Å²) in [6, 6.07) is 5.69. The number of amides is 1. The highest BCUT2D eigenvalue weighted by Gasteiger charge is 2.22. The summed E-state index contributed by atoms with van der Waals surface area (Å²) in [5.41, 5.74) is 0.803. The number of nitrogens with zero attached hydrogens (tertiary/aromatic N) is 3. The Bertz CT molecular complexity index is 665. The SMILES string of the molecule is CSCCC(NC(=O)CNCC1CC1)c1nnc2ccccn12.Cl.Cl. The summed E-state index contributed by atoms with van der Waals surface area (Å²) in [5.74, 6) is 2.55. The van der Waals surface area contributed by atoms with E-state index in [1.165, 1.54) is 12.8 Å². The van der Waals surface area contributed by atoms with Crippen molar-refractivity contribution in [2.24, 2.45) is 5.92 Å². The smallest absolute Gasteiger partial charge is 0.234 e. The number of carbonyl (C=O) groups is 1. The monoisotopic (exact) mass is 405 g/mol. The van der Waals surface area contributed by atoms with Crippen LogP contribution in [-0.2, 0) is 4.79 Å². The molecule has 3 rings (SSSR count). The molecule has 2 aromatic rings. The lowest BCUT2D eigenvalue weighted by Crippen LogP contribution is -2.37. The van der Waals surface area contributed by atoms with E-state index in [4.69, 9.17) is 0 Å². The highest BCUT2D eigenvalue weighted by Crippen LogP contribution is 2.27. The van der Waals surface area contributed by atoms with Crippen LogP contribution in [0.5, 0.6) is 0 Å². The Morgan fingerprint density at radius 1 is 1.36 bits per heavy atom. The molecule has 140 valence electrons.